The molecule has 0 heterocycles. The van der Waals surface area contributed by atoms with E-state index >= 15 is 0 Å². The van der Waals surface area contributed by atoms with Crippen LogP contribution in [0.2, 0.25) is 0 Å². The van der Waals surface area contributed by atoms with Crippen LogP contribution in [0.1, 0.15) is 19.4 Å². The molecule has 21 heavy (non-hydrogen) atoms. The summed E-state index contributed by atoms with van der Waals surface area (Å²) in [6.45, 7) is 4.87. The number of hydrogen-bond donors (Lipinski definition) is 2. The van der Waals surface area contributed by atoms with Crippen molar-refractivity contribution in [3.8, 4) is 0 Å². The maximum absolute atomic E-state index is 11.9. The number of benzene rings is 1. The number of ether oxygens (including phenoxy) is 1. The zero-order chi connectivity index (χ0) is 15.7. The van der Waals surface area contributed by atoms with E-state index in [9.17, 15) is 9.90 Å². The van der Waals surface area contributed by atoms with Gasteiger partial charge in [0.1, 0.15) is 6.61 Å². The lowest BCUT2D eigenvalue weighted by molar-refractivity contribution is -0.149. The van der Waals surface area contributed by atoms with Gasteiger partial charge in [0.05, 0.1) is 11.5 Å². The third kappa shape index (κ3) is 7.50. The summed E-state index contributed by atoms with van der Waals surface area (Å²) in [4.78, 5) is 11.9. The Balaban J connectivity index is 2.25. The van der Waals surface area contributed by atoms with Gasteiger partial charge in [0.15, 0.2) is 0 Å². The van der Waals surface area contributed by atoms with Crippen molar-refractivity contribution in [2.45, 2.75) is 26.1 Å². The minimum atomic E-state index is -0.757. The normalized spacial score (nSPS) is 15.2. The van der Waals surface area contributed by atoms with Crippen LogP contribution in [0.5, 0.6) is 0 Å². The number of nitrogens with one attached hydrogen (secondary N) is 1. The number of rotatable bonds is 9. The standard InChI is InChI=1S/C16H25NO3S/c1-13(9-17-11-16(2,19)12-21-3)15(18)20-10-14-7-5-4-6-8-14/h4-8,13,17,19H,9-12H2,1-3H3. The molecule has 5 heteroatoms. The van der Waals surface area contributed by atoms with E-state index in [4.69, 9.17) is 4.74 Å². The van der Waals surface area contributed by atoms with E-state index in [0.717, 1.165) is 5.56 Å². The zero-order valence-electron chi connectivity index (χ0n) is 13.0. The van der Waals surface area contributed by atoms with Crippen LogP contribution < -0.4 is 5.32 Å². The van der Waals surface area contributed by atoms with Gasteiger partial charge in [-0.3, -0.25) is 4.79 Å². The van der Waals surface area contributed by atoms with Gasteiger partial charge in [-0.15, -0.1) is 0 Å². The Labute approximate surface area is 131 Å². The van der Waals surface area contributed by atoms with Gasteiger partial charge in [-0.2, -0.15) is 11.8 Å². The van der Waals surface area contributed by atoms with E-state index in [0.29, 0.717) is 25.4 Å². The molecule has 0 radical (unpaired) electrons. The molecule has 0 bridgehead atoms. The molecule has 2 atom stereocenters. The SMILES string of the molecule is CSCC(C)(O)CNCC(C)C(=O)OCc1ccccc1. The van der Waals surface area contributed by atoms with Crippen LogP contribution in [0.15, 0.2) is 30.3 Å². The lowest BCUT2D eigenvalue weighted by atomic mass is 10.1. The molecule has 0 saturated heterocycles. The van der Waals surface area contributed by atoms with Crippen LogP contribution in [0.4, 0.5) is 0 Å². The summed E-state index contributed by atoms with van der Waals surface area (Å²) < 4.78 is 5.27. The highest BCUT2D eigenvalue weighted by molar-refractivity contribution is 7.98. The third-order valence-electron chi connectivity index (χ3n) is 3.04. The highest BCUT2D eigenvalue weighted by atomic mass is 32.2. The van der Waals surface area contributed by atoms with E-state index in [1.54, 1.807) is 18.7 Å². The van der Waals surface area contributed by atoms with Gasteiger partial charge in [0, 0.05) is 18.8 Å². The summed E-state index contributed by atoms with van der Waals surface area (Å²) in [5.41, 5.74) is 0.224. The largest absolute Gasteiger partial charge is 0.461 e. The van der Waals surface area contributed by atoms with Crippen LogP contribution in [0.3, 0.4) is 0 Å². The molecule has 4 nitrogen and oxygen atoms in total. The first kappa shape index (κ1) is 18.0. The Morgan fingerprint density at radius 2 is 2.10 bits per heavy atom. The van der Waals surface area contributed by atoms with Crippen molar-refractivity contribution in [3.63, 3.8) is 0 Å². The van der Waals surface area contributed by atoms with Crippen LogP contribution in [-0.2, 0) is 16.1 Å². The molecular weight excluding hydrogens is 286 g/mol. The van der Waals surface area contributed by atoms with Gasteiger partial charge < -0.3 is 15.2 Å². The number of thioether (sulfide) groups is 1. The lowest BCUT2D eigenvalue weighted by Gasteiger charge is -2.23. The maximum atomic E-state index is 11.9. The van der Waals surface area contributed by atoms with E-state index in [1.165, 1.54) is 0 Å². The monoisotopic (exact) mass is 311 g/mol. The van der Waals surface area contributed by atoms with E-state index in [2.05, 4.69) is 5.32 Å². The van der Waals surface area contributed by atoms with Crippen LogP contribution in [0, 0.1) is 5.92 Å². The first-order valence-corrected chi connectivity index (χ1v) is 8.46. The number of esters is 1. The molecule has 0 aliphatic carbocycles. The average molecular weight is 311 g/mol. The molecule has 0 fully saturated rings. The molecule has 0 aliphatic heterocycles. The fourth-order valence-corrected chi connectivity index (χ4v) is 2.60. The fraction of sp³-hybridized carbons (Fsp3) is 0.562. The first-order chi connectivity index (χ1) is 9.94. The minimum absolute atomic E-state index is 0.226. The Bertz CT molecular complexity index is 423. The Morgan fingerprint density at radius 3 is 2.71 bits per heavy atom. The van der Waals surface area contributed by atoms with Crippen molar-refractivity contribution in [2.24, 2.45) is 5.92 Å². The summed E-state index contributed by atoms with van der Waals surface area (Å²) in [7, 11) is 0. The molecular formula is C16H25NO3S. The van der Waals surface area contributed by atoms with Gasteiger partial charge in [-0.25, -0.2) is 0 Å². The van der Waals surface area contributed by atoms with Crippen molar-refractivity contribution in [3.05, 3.63) is 35.9 Å². The average Bonchev–Trinajstić information content (AvgIpc) is 2.45. The van der Waals surface area contributed by atoms with Crippen LogP contribution in [0.25, 0.3) is 0 Å². The second kappa shape index (κ2) is 9.07. The van der Waals surface area contributed by atoms with Crippen molar-refractivity contribution in [2.75, 3.05) is 25.1 Å². The van der Waals surface area contributed by atoms with Crippen molar-refractivity contribution < 1.29 is 14.6 Å². The molecule has 1 aromatic rings. The third-order valence-corrected chi connectivity index (χ3v) is 3.95. The van der Waals surface area contributed by atoms with Gasteiger partial charge in [-0.1, -0.05) is 37.3 Å². The van der Waals surface area contributed by atoms with Crippen molar-refractivity contribution in [1.82, 2.24) is 5.32 Å². The van der Waals surface area contributed by atoms with Crippen molar-refractivity contribution in [1.29, 1.82) is 0 Å². The van der Waals surface area contributed by atoms with Gasteiger partial charge in [0.25, 0.3) is 0 Å². The fourth-order valence-electron chi connectivity index (χ4n) is 1.87. The molecule has 2 unspecified atom stereocenters. The summed E-state index contributed by atoms with van der Waals surface area (Å²) in [5, 5.41) is 13.1. The first-order valence-electron chi connectivity index (χ1n) is 7.07. The Morgan fingerprint density at radius 1 is 1.43 bits per heavy atom. The van der Waals surface area contributed by atoms with Crippen LogP contribution >= 0.6 is 11.8 Å². The lowest BCUT2D eigenvalue weighted by Crippen LogP contribution is -2.42. The molecule has 0 amide bonds. The highest BCUT2D eigenvalue weighted by Crippen LogP contribution is 2.09. The Hall–Kier alpha value is -1.04. The molecule has 2 N–H and O–H groups in total. The molecule has 1 rings (SSSR count). The van der Waals surface area contributed by atoms with E-state index in [1.807, 2.05) is 43.5 Å². The number of carbonyl (C=O) groups is 1. The smallest absolute Gasteiger partial charge is 0.310 e. The Kier molecular flexibility index (Phi) is 7.78. The predicted octanol–water partition coefficient (Wildman–Crippen LogP) is 2.07. The quantitative estimate of drug-likeness (QED) is 0.684. The minimum Gasteiger partial charge on any atom is -0.461 e. The van der Waals surface area contributed by atoms with Gasteiger partial charge in [-0.05, 0) is 18.7 Å². The molecule has 1 aromatic carbocycles. The predicted molar refractivity (Wildman–Crippen MR) is 87.3 cm³/mol. The van der Waals surface area contributed by atoms with E-state index < -0.39 is 5.60 Å². The summed E-state index contributed by atoms with van der Waals surface area (Å²) in [6, 6.07) is 9.62. The molecule has 0 aromatic heterocycles. The molecule has 0 saturated carbocycles. The zero-order valence-corrected chi connectivity index (χ0v) is 13.8. The van der Waals surface area contributed by atoms with Crippen LogP contribution in [-0.4, -0.2) is 41.8 Å². The number of hydrogen-bond acceptors (Lipinski definition) is 5. The maximum Gasteiger partial charge on any atom is 0.310 e. The second-order valence-corrected chi connectivity index (χ2v) is 6.42. The van der Waals surface area contributed by atoms with Gasteiger partial charge >= 0.3 is 5.97 Å². The van der Waals surface area contributed by atoms with Crippen molar-refractivity contribution >= 4 is 17.7 Å². The highest BCUT2D eigenvalue weighted by Gasteiger charge is 2.20. The summed E-state index contributed by atoms with van der Waals surface area (Å²) in [5.74, 6) is 0.196. The topological polar surface area (TPSA) is 58.6 Å². The van der Waals surface area contributed by atoms with Gasteiger partial charge in [0.2, 0.25) is 0 Å². The second-order valence-electron chi connectivity index (χ2n) is 5.56. The summed E-state index contributed by atoms with van der Waals surface area (Å²) >= 11 is 1.60. The number of carbonyl (C=O) groups excluding carboxylic acids is 1. The molecule has 118 valence electrons. The van der Waals surface area contributed by atoms with E-state index in [-0.39, 0.29) is 11.9 Å². The molecule has 0 aliphatic rings. The number of aliphatic hydroxyl groups is 1. The molecule has 0 spiro atoms. The summed E-state index contributed by atoms with van der Waals surface area (Å²) in [6.07, 6.45) is 1.96.